The minimum atomic E-state index is -0.198. The molecule has 0 aliphatic heterocycles. The van der Waals surface area contributed by atoms with E-state index in [9.17, 15) is 4.39 Å². The summed E-state index contributed by atoms with van der Waals surface area (Å²) in [7, 11) is 1.66. The Labute approximate surface area is 105 Å². The molecule has 0 saturated carbocycles. The Balaban J connectivity index is 1.99. The maximum absolute atomic E-state index is 12.7. The summed E-state index contributed by atoms with van der Waals surface area (Å²) in [6.45, 7) is 0. The van der Waals surface area contributed by atoms with Crippen LogP contribution in [0.2, 0.25) is 0 Å². The third-order valence-corrected chi connectivity index (χ3v) is 3.44. The highest BCUT2D eigenvalue weighted by Gasteiger charge is 1.98. The van der Waals surface area contributed by atoms with Gasteiger partial charge in [-0.3, -0.25) is 0 Å². The second-order valence-electron chi connectivity index (χ2n) is 3.59. The molecule has 0 saturated heterocycles. The fraction of sp³-hybridized carbons (Fsp3) is 0.143. The zero-order valence-corrected chi connectivity index (χ0v) is 10.3. The van der Waals surface area contributed by atoms with Crippen molar-refractivity contribution in [3.63, 3.8) is 0 Å². The summed E-state index contributed by atoms with van der Waals surface area (Å²) in [6.07, 6.45) is 0. The van der Waals surface area contributed by atoms with Crippen molar-refractivity contribution in [1.82, 2.24) is 0 Å². The van der Waals surface area contributed by atoms with E-state index in [2.05, 4.69) is 6.07 Å². The Morgan fingerprint density at radius 2 is 1.88 bits per heavy atom. The van der Waals surface area contributed by atoms with Crippen LogP contribution in [0.5, 0.6) is 5.75 Å². The lowest BCUT2D eigenvalue weighted by Gasteiger charge is -2.04. The number of halogens is 1. The Bertz CT molecular complexity index is 482. The lowest BCUT2D eigenvalue weighted by atomic mass is 10.2. The average Bonchev–Trinajstić information content (AvgIpc) is 2.38. The predicted octanol–water partition coefficient (Wildman–Crippen LogP) is 4.13. The molecule has 0 fully saturated rings. The Morgan fingerprint density at radius 1 is 1.12 bits per heavy atom. The standard InChI is InChI=1S/C14H13FOS/c1-16-13-4-2-3-11(9-13)10-17-14-7-5-12(15)6-8-14/h2-9H,10H2,1H3. The molecule has 1 nitrogen and oxygen atoms in total. The molecule has 17 heavy (non-hydrogen) atoms. The van der Waals surface area contributed by atoms with Crippen LogP contribution >= 0.6 is 11.8 Å². The molecule has 0 aromatic heterocycles. The fourth-order valence-corrected chi connectivity index (χ4v) is 2.30. The molecule has 2 aromatic carbocycles. The van der Waals surface area contributed by atoms with Gasteiger partial charge in [-0.05, 0) is 42.0 Å². The fourth-order valence-electron chi connectivity index (χ4n) is 1.46. The van der Waals surface area contributed by atoms with Crippen LogP contribution in [0.3, 0.4) is 0 Å². The van der Waals surface area contributed by atoms with Crippen LogP contribution < -0.4 is 4.74 Å². The lowest BCUT2D eigenvalue weighted by Crippen LogP contribution is -1.85. The van der Waals surface area contributed by atoms with Gasteiger partial charge in [-0.2, -0.15) is 0 Å². The highest BCUT2D eigenvalue weighted by Crippen LogP contribution is 2.24. The van der Waals surface area contributed by atoms with E-state index >= 15 is 0 Å². The minimum absolute atomic E-state index is 0.198. The van der Waals surface area contributed by atoms with Gasteiger partial charge in [-0.25, -0.2) is 4.39 Å². The van der Waals surface area contributed by atoms with Crippen molar-refractivity contribution >= 4 is 11.8 Å². The van der Waals surface area contributed by atoms with Crippen molar-refractivity contribution in [2.24, 2.45) is 0 Å². The van der Waals surface area contributed by atoms with Gasteiger partial charge < -0.3 is 4.74 Å². The smallest absolute Gasteiger partial charge is 0.123 e. The monoisotopic (exact) mass is 248 g/mol. The van der Waals surface area contributed by atoms with Gasteiger partial charge in [0.25, 0.3) is 0 Å². The molecule has 0 N–H and O–H groups in total. The van der Waals surface area contributed by atoms with Crippen LogP contribution in [0.4, 0.5) is 4.39 Å². The number of hydrogen-bond acceptors (Lipinski definition) is 2. The number of hydrogen-bond donors (Lipinski definition) is 0. The van der Waals surface area contributed by atoms with E-state index in [0.717, 1.165) is 16.4 Å². The zero-order valence-electron chi connectivity index (χ0n) is 9.52. The number of thioether (sulfide) groups is 1. The molecule has 88 valence electrons. The van der Waals surface area contributed by atoms with Crippen LogP contribution in [-0.4, -0.2) is 7.11 Å². The topological polar surface area (TPSA) is 9.23 Å². The molecule has 0 atom stereocenters. The molecule has 0 spiro atoms. The maximum atomic E-state index is 12.7. The van der Waals surface area contributed by atoms with Crippen LogP contribution in [-0.2, 0) is 5.75 Å². The van der Waals surface area contributed by atoms with Crippen LogP contribution in [0.1, 0.15) is 5.56 Å². The number of methoxy groups -OCH3 is 1. The van der Waals surface area contributed by atoms with Gasteiger partial charge in [0.05, 0.1) is 7.11 Å². The second kappa shape index (κ2) is 5.73. The minimum Gasteiger partial charge on any atom is -0.497 e. The van der Waals surface area contributed by atoms with Gasteiger partial charge in [-0.15, -0.1) is 11.8 Å². The highest BCUT2D eigenvalue weighted by molar-refractivity contribution is 7.98. The number of benzene rings is 2. The molecular formula is C14H13FOS. The van der Waals surface area contributed by atoms with E-state index in [1.165, 1.54) is 17.7 Å². The molecule has 2 rings (SSSR count). The first kappa shape index (κ1) is 12.0. The summed E-state index contributed by atoms with van der Waals surface area (Å²) in [5.74, 6) is 1.51. The summed E-state index contributed by atoms with van der Waals surface area (Å²) in [6, 6.07) is 14.5. The van der Waals surface area contributed by atoms with E-state index in [-0.39, 0.29) is 5.82 Å². The highest BCUT2D eigenvalue weighted by atomic mass is 32.2. The summed E-state index contributed by atoms with van der Waals surface area (Å²) < 4.78 is 17.9. The molecule has 0 unspecified atom stereocenters. The van der Waals surface area contributed by atoms with E-state index < -0.39 is 0 Å². The third-order valence-electron chi connectivity index (χ3n) is 2.35. The maximum Gasteiger partial charge on any atom is 0.123 e. The third kappa shape index (κ3) is 3.49. The zero-order chi connectivity index (χ0) is 12.1. The van der Waals surface area contributed by atoms with Crippen LogP contribution in [0.15, 0.2) is 53.4 Å². The average molecular weight is 248 g/mol. The molecule has 0 aliphatic rings. The number of rotatable bonds is 4. The summed E-state index contributed by atoms with van der Waals surface area (Å²) in [5, 5.41) is 0. The van der Waals surface area contributed by atoms with Crippen molar-refractivity contribution in [2.45, 2.75) is 10.6 Å². The molecular weight excluding hydrogens is 235 g/mol. The first-order valence-corrected chi connectivity index (χ1v) is 6.28. The Morgan fingerprint density at radius 3 is 2.59 bits per heavy atom. The van der Waals surface area contributed by atoms with Gasteiger partial charge in [0.1, 0.15) is 11.6 Å². The molecule has 0 heterocycles. The first-order chi connectivity index (χ1) is 8.28. The molecule has 0 amide bonds. The van der Waals surface area contributed by atoms with Gasteiger partial charge >= 0.3 is 0 Å². The van der Waals surface area contributed by atoms with E-state index in [0.29, 0.717) is 0 Å². The van der Waals surface area contributed by atoms with Crippen LogP contribution in [0, 0.1) is 5.82 Å². The van der Waals surface area contributed by atoms with Gasteiger partial charge in [0, 0.05) is 10.6 Å². The molecule has 2 aromatic rings. The van der Waals surface area contributed by atoms with Gasteiger partial charge in [0.2, 0.25) is 0 Å². The lowest BCUT2D eigenvalue weighted by molar-refractivity contribution is 0.414. The SMILES string of the molecule is COc1cccc(CSc2ccc(F)cc2)c1. The van der Waals surface area contributed by atoms with E-state index in [4.69, 9.17) is 4.74 Å². The Hall–Kier alpha value is -1.48. The molecule has 0 aliphatic carbocycles. The van der Waals surface area contributed by atoms with Gasteiger partial charge in [0.15, 0.2) is 0 Å². The quantitative estimate of drug-likeness (QED) is 0.752. The van der Waals surface area contributed by atoms with Crippen molar-refractivity contribution < 1.29 is 9.13 Å². The van der Waals surface area contributed by atoms with E-state index in [1.807, 2.05) is 18.2 Å². The summed E-state index contributed by atoms with van der Waals surface area (Å²) >= 11 is 1.68. The second-order valence-corrected chi connectivity index (χ2v) is 4.64. The molecule has 3 heteroatoms. The van der Waals surface area contributed by atoms with Crippen molar-refractivity contribution in [1.29, 1.82) is 0 Å². The van der Waals surface area contributed by atoms with Crippen LogP contribution in [0.25, 0.3) is 0 Å². The molecule has 0 bridgehead atoms. The van der Waals surface area contributed by atoms with Gasteiger partial charge in [-0.1, -0.05) is 12.1 Å². The first-order valence-electron chi connectivity index (χ1n) is 5.29. The summed E-state index contributed by atoms with van der Waals surface area (Å²) in [5.41, 5.74) is 1.19. The van der Waals surface area contributed by atoms with Crippen molar-refractivity contribution in [2.75, 3.05) is 7.11 Å². The Kier molecular flexibility index (Phi) is 4.04. The van der Waals surface area contributed by atoms with Crippen molar-refractivity contribution in [3.05, 3.63) is 59.9 Å². The predicted molar refractivity (Wildman–Crippen MR) is 69.0 cm³/mol. The number of ether oxygens (including phenoxy) is 1. The summed E-state index contributed by atoms with van der Waals surface area (Å²) in [4.78, 5) is 1.06. The molecule has 0 radical (unpaired) electrons. The normalized spacial score (nSPS) is 10.2. The van der Waals surface area contributed by atoms with E-state index in [1.54, 1.807) is 31.0 Å². The van der Waals surface area contributed by atoms with Crippen molar-refractivity contribution in [3.8, 4) is 5.75 Å². The largest absolute Gasteiger partial charge is 0.497 e.